The van der Waals surface area contributed by atoms with Crippen LogP contribution in [-0.2, 0) is 16.1 Å². The first kappa shape index (κ1) is 25.7. The molecule has 0 radical (unpaired) electrons. The number of carbonyl (C=O) groups excluding carboxylic acids is 2. The monoisotopic (exact) mass is 510 g/mol. The van der Waals surface area contributed by atoms with Crippen molar-refractivity contribution in [1.82, 2.24) is 15.5 Å². The van der Waals surface area contributed by atoms with Crippen molar-refractivity contribution in [3.63, 3.8) is 0 Å². The van der Waals surface area contributed by atoms with E-state index in [4.69, 9.17) is 4.74 Å². The zero-order valence-electron chi connectivity index (χ0n) is 20.4. The minimum atomic E-state index is -0.674. The molecule has 2 atom stereocenters. The molecular formula is C27H31FN4O3S. The molecule has 0 unspecified atom stereocenters. The van der Waals surface area contributed by atoms with Gasteiger partial charge >= 0.3 is 11.8 Å². The molecule has 1 aromatic heterocycles. The molecule has 2 heterocycles. The van der Waals surface area contributed by atoms with Crippen molar-refractivity contribution < 1.29 is 18.7 Å². The van der Waals surface area contributed by atoms with Gasteiger partial charge in [-0.3, -0.25) is 14.5 Å². The highest BCUT2D eigenvalue weighted by molar-refractivity contribution is 7.10. The van der Waals surface area contributed by atoms with Gasteiger partial charge in [0, 0.05) is 43.6 Å². The largest absolute Gasteiger partial charge is 0.497 e. The van der Waals surface area contributed by atoms with Crippen molar-refractivity contribution in [2.45, 2.75) is 25.6 Å². The summed E-state index contributed by atoms with van der Waals surface area (Å²) in [5.74, 6) is -0.831. The van der Waals surface area contributed by atoms with Gasteiger partial charge in [-0.2, -0.15) is 0 Å². The first-order chi connectivity index (χ1) is 17.5. The molecule has 2 aromatic carbocycles. The lowest BCUT2D eigenvalue weighted by Gasteiger charge is -2.42. The number of ether oxygens (including phenoxy) is 1. The summed E-state index contributed by atoms with van der Waals surface area (Å²) in [5, 5.41) is 7.58. The molecule has 9 heteroatoms. The highest BCUT2D eigenvalue weighted by Crippen LogP contribution is 2.30. The Morgan fingerprint density at radius 2 is 1.72 bits per heavy atom. The maximum Gasteiger partial charge on any atom is 0.309 e. The lowest BCUT2D eigenvalue weighted by molar-refractivity contribution is -0.140. The molecule has 1 saturated heterocycles. The summed E-state index contributed by atoms with van der Waals surface area (Å²) in [6, 6.07) is 17.7. The van der Waals surface area contributed by atoms with E-state index in [0.29, 0.717) is 31.9 Å². The van der Waals surface area contributed by atoms with Crippen LogP contribution in [0.2, 0.25) is 0 Å². The topological polar surface area (TPSA) is 73.9 Å². The number of para-hydroxylation sites is 1. The van der Waals surface area contributed by atoms with E-state index in [0.717, 1.165) is 16.2 Å². The first-order valence-electron chi connectivity index (χ1n) is 11.9. The predicted molar refractivity (Wildman–Crippen MR) is 140 cm³/mol. The Morgan fingerprint density at radius 1 is 1.00 bits per heavy atom. The maximum atomic E-state index is 14.3. The molecule has 1 fully saturated rings. The zero-order chi connectivity index (χ0) is 25.5. The fourth-order valence-electron chi connectivity index (χ4n) is 4.51. The third-order valence-corrected chi connectivity index (χ3v) is 7.33. The number of anilines is 1. The van der Waals surface area contributed by atoms with Crippen molar-refractivity contribution in [1.29, 1.82) is 0 Å². The van der Waals surface area contributed by atoms with Crippen LogP contribution in [-0.4, -0.2) is 56.0 Å². The molecular weight excluding hydrogens is 479 g/mol. The van der Waals surface area contributed by atoms with E-state index >= 15 is 0 Å². The van der Waals surface area contributed by atoms with Crippen molar-refractivity contribution >= 4 is 28.8 Å². The number of hydrogen-bond acceptors (Lipinski definition) is 6. The maximum absolute atomic E-state index is 14.3. The van der Waals surface area contributed by atoms with Crippen molar-refractivity contribution in [2.75, 3.05) is 38.2 Å². The Bertz CT molecular complexity index is 1150. The molecule has 0 bridgehead atoms. The molecule has 36 heavy (non-hydrogen) atoms. The van der Waals surface area contributed by atoms with E-state index < -0.39 is 11.8 Å². The Morgan fingerprint density at radius 3 is 2.36 bits per heavy atom. The van der Waals surface area contributed by atoms with Gasteiger partial charge in [-0.15, -0.1) is 11.3 Å². The lowest BCUT2D eigenvalue weighted by atomic mass is 10.0. The number of amides is 2. The van der Waals surface area contributed by atoms with Gasteiger partial charge in [0.05, 0.1) is 18.8 Å². The number of piperazine rings is 1. The minimum Gasteiger partial charge on any atom is -0.497 e. The molecule has 0 aliphatic carbocycles. The Hall–Kier alpha value is -3.43. The van der Waals surface area contributed by atoms with E-state index in [1.54, 1.807) is 42.7 Å². The molecule has 2 amide bonds. The molecule has 1 aliphatic heterocycles. The van der Waals surface area contributed by atoms with Crippen LogP contribution in [0.3, 0.4) is 0 Å². The summed E-state index contributed by atoms with van der Waals surface area (Å²) >= 11 is 1.62. The van der Waals surface area contributed by atoms with Gasteiger partial charge in [0.15, 0.2) is 0 Å². The number of nitrogens with zero attached hydrogens (tertiary/aromatic N) is 2. The standard InChI is InChI=1S/C27H31FN4O3S/c1-19(30-27(34)26(33)29-18-20-9-11-21(35-2)12-10-20)25(24-8-5-17-36-24)32-15-13-31(14-16-32)23-7-4-3-6-22(23)28/h3-12,17,19,25H,13-16,18H2,1-2H3,(H,29,33)(H,30,34)/t19-,25+/m0/s1. The fourth-order valence-corrected chi connectivity index (χ4v) is 5.47. The van der Waals surface area contributed by atoms with E-state index in [1.807, 2.05) is 47.5 Å². The van der Waals surface area contributed by atoms with E-state index in [2.05, 4.69) is 15.5 Å². The average Bonchev–Trinajstić information content (AvgIpc) is 3.43. The highest BCUT2D eigenvalue weighted by Gasteiger charge is 2.32. The molecule has 3 aromatic rings. The fraction of sp³-hybridized carbons (Fsp3) is 0.333. The van der Waals surface area contributed by atoms with E-state index in [9.17, 15) is 14.0 Å². The van der Waals surface area contributed by atoms with Gasteiger partial charge in [0.2, 0.25) is 0 Å². The van der Waals surface area contributed by atoms with Gasteiger partial charge < -0.3 is 20.3 Å². The number of nitrogens with one attached hydrogen (secondary N) is 2. The molecule has 4 rings (SSSR count). The van der Waals surface area contributed by atoms with Crippen molar-refractivity contribution in [3.8, 4) is 5.75 Å². The van der Waals surface area contributed by atoms with Crippen molar-refractivity contribution in [3.05, 3.63) is 82.3 Å². The summed E-state index contributed by atoms with van der Waals surface area (Å²) in [7, 11) is 1.59. The smallest absolute Gasteiger partial charge is 0.309 e. The molecule has 190 valence electrons. The Labute approximate surface area is 214 Å². The van der Waals surface area contributed by atoms with Crippen LogP contribution in [0.1, 0.15) is 23.4 Å². The number of halogens is 1. The number of carbonyl (C=O) groups is 2. The third-order valence-electron chi connectivity index (χ3n) is 6.39. The summed E-state index contributed by atoms with van der Waals surface area (Å²) in [5.41, 5.74) is 1.48. The Balaban J connectivity index is 1.36. The van der Waals surface area contributed by atoms with Crippen LogP contribution in [0.4, 0.5) is 10.1 Å². The van der Waals surface area contributed by atoms with Crippen LogP contribution in [0.5, 0.6) is 5.75 Å². The van der Waals surface area contributed by atoms with Crippen molar-refractivity contribution in [2.24, 2.45) is 0 Å². The summed E-state index contributed by atoms with van der Waals surface area (Å²) in [6.07, 6.45) is 0. The molecule has 2 N–H and O–H groups in total. The summed E-state index contributed by atoms with van der Waals surface area (Å²) in [6.45, 7) is 4.93. The zero-order valence-corrected chi connectivity index (χ0v) is 21.3. The number of rotatable bonds is 8. The van der Waals surface area contributed by atoms with Crippen LogP contribution in [0.15, 0.2) is 66.0 Å². The number of benzene rings is 2. The second-order valence-corrected chi connectivity index (χ2v) is 9.71. The predicted octanol–water partition coefficient (Wildman–Crippen LogP) is 3.58. The SMILES string of the molecule is COc1ccc(CNC(=O)C(=O)N[C@@H](C)[C@H](c2cccs2)N2CCN(c3ccccc3F)CC2)cc1. The van der Waals surface area contributed by atoms with E-state index in [1.165, 1.54) is 6.07 Å². The van der Waals surface area contributed by atoms with Gasteiger partial charge in [0.25, 0.3) is 0 Å². The van der Waals surface area contributed by atoms with Crippen LogP contribution < -0.4 is 20.3 Å². The van der Waals surface area contributed by atoms with Gasteiger partial charge in [-0.05, 0) is 48.2 Å². The molecule has 0 spiro atoms. The van der Waals surface area contributed by atoms with Crippen LogP contribution in [0, 0.1) is 5.82 Å². The third kappa shape index (κ3) is 6.22. The van der Waals surface area contributed by atoms with Gasteiger partial charge in [-0.25, -0.2) is 4.39 Å². The summed E-state index contributed by atoms with van der Waals surface area (Å²) < 4.78 is 19.4. The first-order valence-corrected chi connectivity index (χ1v) is 12.8. The van der Waals surface area contributed by atoms with Gasteiger partial charge in [0.1, 0.15) is 11.6 Å². The van der Waals surface area contributed by atoms with Crippen LogP contribution >= 0.6 is 11.3 Å². The van der Waals surface area contributed by atoms with Gasteiger partial charge in [-0.1, -0.05) is 30.3 Å². The normalized spacial score (nSPS) is 15.7. The summed E-state index contributed by atoms with van der Waals surface area (Å²) in [4.78, 5) is 30.6. The second-order valence-electron chi connectivity index (χ2n) is 8.73. The van der Waals surface area contributed by atoms with E-state index in [-0.39, 0.29) is 24.4 Å². The molecule has 7 nitrogen and oxygen atoms in total. The highest BCUT2D eigenvalue weighted by atomic mass is 32.1. The molecule has 0 saturated carbocycles. The molecule has 1 aliphatic rings. The number of methoxy groups -OCH3 is 1. The lowest BCUT2D eigenvalue weighted by Crippen LogP contribution is -2.53. The van der Waals surface area contributed by atoms with Crippen LogP contribution in [0.25, 0.3) is 0 Å². The average molecular weight is 511 g/mol. The number of hydrogen-bond donors (Lipinski definition) is 2. The minimum absolute atomic E-state index is 0.0916. The second kappa shape index (κ2) is 12.0. The number of thiophene rings is 1. The Kier molecular flexibility index (Phi) is 8.56. The quantitative estimate of drug-likeness (QED) is 0.453.